The van der Waals surface area contributed by atoms with Crippen molar-refractivity contribution in [1.29, 1.82) is 0 Å². The molecule has 1 saturated heterocycles. The predicted octanol–water partition coefficient (Wildman–Crippen LogP) is 1.56. The Labute approximate surface area is 118 Å². The van der Waals surface area contributed by atoms with Crippen LogP contribution in [-0.2, 0) is 4.79 Å². The second-order valence-corrected chi connectivity index (χ2v) is 5.09. The Hall–Kier alpha value is -1.75. The van der Waals surface area contributed by atoms with Crippen LogP contribution >= 0.6 is 0 Å². The Morgan fingerprint density at radius 1 is 1.10 bits per heavy atom. The van der Waals surface area contributed by atoms with Gasteiger partial charge in [0.2, 0.25) is 5.91 Å². The van der Waals surface area contributed by atoms with Crippen LogP contribution in [0.4, 0.5) is 4.39 Å². The van der Waals surface area contributed by atoms with Crippen LogP contribution in [0.25, 0.3) is 0 Å². The molecule has 1 aliphatic rings. The van der Waals surface area contributed by atoms with Crippen molar-refractivity contribution in [1.82, 2.24) is 9.80 Å². The SMILES string of the molecule is CC(=O)N1CCN(C(C)C(=O)c2ccc(F)cc2)CC1. The molecule has 0 N–H and O–H groups in total. The molecule has 108 valence electrons. The van der Waals surface area contributed by atoms with Crippen LogP contribution in [0.2, 0.25) is 0 Å². The zero-order chi connectivity index (χ0) is 14.7. The fraction of sp³-hybridized carbons (Fsp3) is 0.467. The third-order valence-electron chi connectivity index (χ3n) is 3.82. The topological polar surface area (TPSA) is 40.6 Å². The maximum atomic E-state index is 12.9. The predicted molar refractivity (Wildman–Crippen MR) is 74.0 cm³/mol. The number of Topliss-reactive ketones (excluding diaryl/α,β-unsaturated/α-hetero) is 1. The van der Waals surface area contributed by atoms with Gasteiger partial charge in [0, 0.05) is 38.7 Å². The largest absolute Gasteiger partial charge is 0.340 e. The van der Waals surface area contributed by atoms with Crippen molar-refractivity contribution in [3.05, 3.63) is 35.6 Å². The van der Waals surface area contributed by atoms with E-state index >= 15 is 0 Å². The summed E-state index contributed by atoms with van der Waals surface area (Å²) in [6.45, 7) is 6.09. The lowest BCUT2D eigenvalue weighted by Crippen LogP contribution is -2.52. The van der Waals surface area contributed by atoms with Gasteiger partial charge >= 0.3 is 0 Å². The van der Waals surface area contributed by atoms with Gasteiger partial charge in [0.25, 0.3) is 0 Å². The van der Waals surface area contributed by atoms with Crippen LogP contribution in [0.5, 0.6) is 0 Å². The molecule has 1 aliphatic heterocycles. The summed E-state index contributed by atoms with van der Waals surface area (Å²) in [4.78, 5) is 27.4. The highest BCUT2D eigenvalue weighted by Gasteiger charge is 2.26. The molecule has 0 bridgehead atoms. The van der Waals surface area contributed by atoms with Gasteiger partial charge in [0.1, 0.15) is 5.82 Å². The summed E-state index contributed by atoms with van der Waals surface area (Å²) in [6.07, 6.45) is 0. The van der Waals surface area contributed by atoms with Gasteiger partial charge < -0.3 is 4.90 Å². The molecule has 0 spiro atoms. The van der Waals surface area contributed by atoms with E-state index in [1.165, 1.54) is 24.3 Å². The van der Waals surface area contributed by atoms with E-state index in [0.717, 1.165) is 0 Å². The summed E-state index contributed by atoms with van der Waals surface area (Å²) < 4.78 is 12.9. The fourth-order valence-electron chi connectivity index (χ4n) is 2.45. The van der Waals surface area contributed by atoms with Gasteiger partial charge in [-0.3, -0.25) is 14.5 Å². The Bertz CT molecular complexity index is 493. The molecule has 1 unspecified atom stereocenters. The van der Waals surface area contributed by atoms with Crippen molar-refractivity contribution >= 4 is 11.7 Å². The van der Waals surface area contributed by atoms with E-state index in [2.05, 4.69) is 4.90 Å². The number of ketones is 1. The molecule has 0 saturated carbocycles. The summed E-state index contributed by atoms with van der Waals surface area (Å²) in [5, 5.41) is 0. The standard InChI is InChI=1S/C15H19FN2O2/c1-11(15(20)13-3-5-14(16)6-4-13)17-7-9-18(10-8-17)12(2)19/h3-6,11H,7-10H2,1-2H3. The number of halogens is 1. The van der Waals surface area contributed by atoms with E-state index in [1.807, 2.05) is 6.92 Å². The molecule has 0 aromatic heterocycles. The van der Waals surface area contributed by atoms with Gasteiger partial charge in [-0.15, -0.1) is 0 Å². The Morgan fingerprint density at radius 3 is 2.15 bits per heavy atom. The molecule has 1 aromatic carbocycles. The number of carbonyl (C=O) groups excluding carboxylic acids is 2. The van der Waals surface area contributed by atoms with E-state index in [4.69, 9.17) is 0 Å². The minimum atomic E-state index is -0.343. The van der Waals surface area contributed by atoms with Gasteiger partial charge in [0.05, 0.1) is 6.04 Å². The molecule has 5 heteroatoms. The average Bonchev–Trinajstić information content (AvgIpc) is 2.46. The van der Waals surface area contributed by atoms with Crippen LogP contribution in [-0.4, -0.2) is 53.7 Å². The molecule has 2 rings (SSSR count). The van der Waals surface area contributed by atoms with E-state index in [9.17, 15) is 14.0 Å². The van der Waals surface area contributed by atoms with Gasteiger partial charge in [0.15, 0.2) is 5.78 Å². The minimum Gasteiger partial charge on any atom is -0.340 e. The normalized spacial score (nSPS) is 17.9. The lowest BCUT2D eigenvalue weighted by atomic mass is 10.0. The van der Waals surface area contributed by atoms with Crippen LogP contribution in [0.1, 0.15) is 24.2 Å². The molecule has 1 amide bonds. The first-order chi connectivity index (χ1) is 9.49. The molecule has 20 heavy (non-hydrogen) atoms. The van der Waals surface area contributed by atoms with Crippen LogP contribution < -0.4 is 0 Å². The Kier molecular flexibility index (Phi) is 4.49. The van der Waals surface area contributed by atoms with Crippen molar-refractivity contribution in [2.24, 2.45) is 0 Å². The number of benzene rings is 1. The van der Waals surface area contributed by atoms with Crippen LogP contribution in [0.15, 0.2) is 24.3 Å². The molecule has 1 atom stereocenters. The third kappa shape index (κ3) is 3.22. The second kappa shape index (κ2) is 6.13. The van der Waals surface area contributed by atoms with Crippen LogP contribution in [0.3, 0.4) is 0 Å². The summed E-state index contributed by atoms with van der Waals surface area (Å²) in [7, 11) is 0. The van der Waals surface area contributed by atoms with Crippen molar-refractivity contribution in [3.63, 3.8) is 0 Å². The molecule has 0 aliphatic carbocycles. The number of amides is 1. The highest BCUT2D eigenvalue weighted by molar-refractivity contribution is 5.99. The molecular weight excluding hydrogens is 259 g/mol. The summed E-state index contributed by atoms with van der Waals surface area (Å²) in [5.74, 6) is -0.285. The highest BCUT2D eigenvalue weighted by Crippen LogP contribution is 2.13. The van der Waals surface area contributed by atoms with E-state index in [0.29, 0.717) is 31.7 Å². The first-order valence-electron chi connectivity index (χ1n) is 6.78. The smallest absolute Gasteiger partial charge is 0.219 e. The minimum absolute atomic E-state index is 0.0127. The number of hydrogen-bond acceptors (Lipinski definition) is 3. The zero-order valence-corrected chi connectivity index (χ0v) is 11.8. The average molecular weight is 278 g/mol. The van der Waals surface area contributed by atoms with Crippen molar-refractivity contribution < 1.29 is 14.0 Å². The molecule has 0 radical (unpaired) electrons. The number of nitrogens with zero attached hydrogens (tertiary/aromatic N) is 2. The maximum Gasteiger partial charge on any atom is 0.219 e. The van der Waals surface area contributed by atoms with Crippen molar-refractivity contribution in [3.8, 4) is 0 Å². The molecule has 1 fully saturated rings. The molecule has 1 heterocycles. The molecular formula is C15H19FN2O2. The van der Waals surface area contributed by atoms with Gasteiger partial charge in [-0.2, -0.15) is 0 Å². The monoisotopic (exact) mass is 278 g/mol. The number of carbonyl (C=O) groups is 2. The zero-order valence-electron chi connectivity index (χ0n) is 11.8. The first-order valence-corrected chi connectivity index (χ1v) is 6.78. The van der Waals surface area contributed by atoms with Gasteiger partial charge in [-0.05, 0) is 31.2 Å². The summed E-state index contributed by atoms with van der Waals surface area (Å²) in [5.41, 5.74) is 0.521. The number of piperazine rings is 1. The Balaban J connectivity index is 1.98. The van der Waals surface area contributed by atoms with Crippen molar-refractivity contribution in [2.45, 2.75) is 19.9 Å². The number of hydrogen-bond donors (Lipinski definition) is 0. The molecule has 1 aromatic rings. The fourth-order valence-corrected chi connectivity index (χ4v) is 2.45. The van der Waals surface area contributed by atoms with Gasteiger partial charge in [-0.1, -0.05) is 0 Å². The van der Waals surface area contributed by atoms with E-state index < -0.39 is 0 Å². The third-order valence-corrected chi connectivity index (χ3v) is 3.82. The summed E-state index contributed by atoms with van der Waals surface area (Å²) in [6, 6.07) is 5.37. The summed E-state index contributed by atoms with van der Waals surface area (Å²) >= 11 is 0. The number of rotatable bonds is 3. The molecule has 4 nitrogen and oxygen atoms in total. The van der Waals surface area contributed by atoms with E-state index in [1.54, 1.807) is 11.8 Å². The van der Waals surface area contributed by atoms with E-state index in [-0.39, 0.29) is 23.5 Å². The quantitative estimate of drug-likeness (QED) is 0.788. The lowest BCUT2D eigenvalue weighted by molar-refractivity contribution is -0.130. The highest BCUT2D eigenvalue weighted by atomic mass is 19.1. The second-order valence-electron chi connectivity index (χ2n) is 5.09. The first kappa shape index (κ1) is 14.7. The Morgan fingerprint density at radius 2 is 1.65 bits per heavy atom. The van der Waals surface area contributed by atoms with Gasteiger partial charge in [-0.25, -0.2) is 4.39 Å². The lowest BCUT2D eigenvalue weighted by Gasteiger charge is -2.37. The van der Waals surface area contributed by atoms with Crippen LogP contribution in [0, 0.1) is 5.82 Å². The van der Waals surface area contributed by atoms with Crippen molar-refractivity contribution in [2.75, 3.05) is 26.2 Å². The maximum absolute atomic E-state index is 12.9.